The minimum Gasteiger partial charge on any atom is -0.378 e. The lowest BCUT2D eigenvalue weighted by atomic mass is 9.99. The van der Waals surface area contributed by atoms with Crippen molar-refractivity contribution in [3.8, 4) is 22.3 Å². The second kappa shape index (κ2) is 7.14. The molecule has 0 aromatic heterocycles. The average Bonchev–Trinajstić information content (AvgIpc) is 3.12. The normalized spacial score (nSPS) is 11.7. The summed E-state index contributed by atoms with van der Waals surface area (Å²) >= 11 is 0. The van der Waals surface area contributed by atoms with Gasteiger partial charge in [0.15, 0.2) is 0 Å². The van der Waals surface area contributed by atoms with Crippen LogP contribution in [0.4, 0.5) is 17.1 Å². The molecule has 29 heavy (non-hydrogen) atoms. The van der Waals surface area contributed by atoms with Crippen molar-refractivity contribution in [3.05, 3.63) is 102 Å². The van der Waals surface area contributed by atoms with Crippen molar-refractivity contribution in [1.82, 2.24) is 0 Å². The molecule has 2 nitrogen and oxygen atoms in total. The summed E-state index contributed by atoms with van der Waals surface area (Å²) in [7, 11) is 4.12. The Morgan fingerprint density at radius 1 is 0.621 bits per heavy atom. The smallest absolute Gasteiger partial charge is 0.0390 e. The van der Waals surface area contributed by atoms with Gasteiger partial charge >= 0.3 is 0 Å². The number of anilines is 3. The third-order valence-corrected chi connectivity index (χ3v) is 5.67. The maximum Gasteiger partial charge on any atom is 0.0390 e. The van der Waals surface area contributed by atoms with E-state index in [1.807, 2.05) is 0 Å². The summed E-state index contributed by atoms with van der Waals surface area (Å²) < 4.78 is 0. The first-order chi connectivity index (χ1) is 14.2. The Balaban J connectivity index is 1.43. The summed E-state index contributed by atoms with van der Waals surface area (Å²) in [5, 5.41) is 3.55. The van der Waals surface area contributed by atoms with Crippen LogP contribution in [0, 0.1) is 0 Å². The molecule has 4 aromatic carbocycles. The third-order valence-electron chi connectivity index (χ3n) is 5.67. The minimum absolute atomic E-state index is 1.00. The fraction of sp³-hybridized carbons (Fsp3) is 0.111. The lowest BCUT2D eigenvalue weighted by Crippen LogP contribution is -2.08. The van der Waals surface area contributed by atoms with Crippen molar-refractivity contribution in [3.63, 3.8) is 0 Å². The highest BCUT2D eigenvalue weighted by molar-refractivity contribution is 5.83. The van der Waals surface area contributed by atoms with E-state index in [1.54, 1.807) is 0 Å². The van der Waals surface area contributed by atoms with Gasteiger partial charge in [0, 0.05) is 31.2 Å². The van der Waals surface area contributed by atoms with Crippen molar-refractivity contribution < 1.29 is 0 Å². The van der Waals surface area contributed by atoms with Gasteiger partial charge in [0.2, 0.25) is 0 Å². The van der Waals surface area contributed by atoms with Gasteiger partial charge in [0.25, 0.3) is 0 Å². The van der Waals surface area contributed by atoms with E-state index in [2.05, 4.69) is 115 Å². The standard InChI is InChI=1S/C27H24N2/c1-29(2)25-13-11-23(12-14-25)28-24-10-8-21-17-22-16-20(19-6-4-3-5-7-19)9-15-26(22)27(21)18-24/h3-16,18,28H,17H2,1-2H3. The quantitative estimate of drug-likeness (QED) is 0.374. The average molecular weight is 377 g/mol. The van der Waals surface area contributed by atoms with Crippen LogP contribution in [0.2, 0.25) is 0 Å². The fourth-order valence-corrected chi connectivity index (χ4v) is 4.09. The van der Waals surface area contributed by atoms with E-state index >= 15 is 0 Å². The SMILES string of the molecule is CN(C)c1ccc(Nc2ccc3c(c2)-c2ccc(-c4ccccc4)cc2C3)cc1. The number of rotatable bonds is 4. The predicted molar refractivity (Wildman–Crippen MR) is 124 cm³/mol. The van der Waals surface area contributed by atoms with Gasteiger partial charge in [-0.1, -0.05) is 54.6 Å². The zero-order valence-corrected chi connectivity index (χ0v) is 16.8. The van der Waals surface area contributed by atoms with Crippen LogP contribution in [-0.2, 0) is 6.42 Å². The van der Waals surface area contributed by atoms with Crippen molar-refractivity contribution in [2.75, 3.05) is 24.3 Å². The molecule has 0 fully saturated rings. The van der Waals surface area contributed by atoms with E-state index in [0.717, 1.165) is 17.8 Å². The van der Waals surface area contributed by atoms with Crippen molar-refractivity contribution >= 4 is 17.1 Å². The van der Waals surface area contributed by atoms with Crippen molar-refractivity contribution in [1.29, 1.82) is 0 Å². The zero-order valence-electron chi connectivity index (χ0n) is 16.8. The maximum absolute atomic E-state index is 3.55. The highest BCUT2D eigenvalue weighted by Gasteiger charge is 2.19. The molecule has 1 aliphatic carbocycles. The summed E-state index contributed by atoms with van der Waals surface area (Å²) in [6.45, 7) is 0. The van der Waals surface area contributed by atoms with Crippen LogP contribution < -0.4 is 10.2 Å². The van der Waals surface area contributed by atoms with Crippen LogP contribution >= 0.6 is 0 Å². The van der Waals surface area contributed by atoms with Crippen LogP contribution in [-0.4, -0.2) is 14.1 Å². The summed E-state index contributed by atoms with van der Waals surface area (Å²) in [5.41, 5.74) is 11.5. The number of benzene rings is 4. The van der Waals surface area contributed by atoms with Gasteiger partial charge in [0.1, 0.15) is 0 Å². The summed E-state index contributed by atoms with van der Waals surface area (Å²) in [6, 6.07) is 32.7. The molecule has 0 bridgehead atoms. The molecule has 0 saturated heterocycles. The van der Waals surface area contributed by atoms with Crippen LogP contribution in [0.25, 0.3) is 22.3 Å². The molecular formula is C27H24N2. The van der Waals surface area contributed by atoms with E-state index in [4.69, 9.17) is 0 Å². The van der Waals surface area contributed by atoms with Gasteiger partial charge < -0.3 is 10.2 Å². The van der Waals surface area contributed by atoms with Crippen LogP contribution in [0.3, 0.4) is 0 Å². The molecule has 0 spiro atoms. The van der Waals surface area contributed by atoms with Gasteiger partial charge in [-0.05, 0) is 76.2 Å². The number of hydrogen-bond acceptors (Lipinski definition) is 2. The maximum atomic E-state index is 3.55. The fourth-order valence-electron chi connectivity index (χ4n) is 4.09. The number of fused-ring (bicyclic) bond motifs is 3. The van der Waals surface area contributed by atoms with Gasteiger partial charge in [-0.2, -0.15) is 0 Å². The van der Waals surface area contributed by atoms with E-state index in [1.165, 1.54) is 39.1 Å². The molecule has 0 aliphatic heterocycles. The Morgan fingerprint density at radius 3 is 2.14 bits per heavy atom. The summed E-state index contributed by atoms with van der Waals surface area (Å²) in [6.07, 6.45) is 1.00. The highest BCUT2D eigenvalue weighted by Crippen LogP contribution is 2.40. The summed E-state index contributed by atoms with van der Waals surface area (Å²) in [5.74, 6) is 0. The first kappa shape index (κ1) is 17.6. The number of nitrogens with zero attached hydrogens (tertiary/aromatic N) is 1. The Hall–Kier alpha value is -3.52. The number of hydrogen-bond donors (Lipinski definition) is 1. The Bertz CT molecular complexity index is 1160. The predicted octanol–water partition coefficient (Wildman–Crippen LogP) is 6.73. The van der Waals surface area contributed by atoms with Crippen molar-refractivity contribution in [2.45, 2.75) is 6.42 Å². The topological polar surface area (TPSA) is 15.3 Å². The molecule has 0 radical (unpaired) electrons. The van der Waals surface area contributed by atoms with Crippen molar-refractivity contribution in [2.24, 2.45) is 0 Å². The molecule has 142 valence electrons. The molecular weight excluding hydrogens is 352 g/mol. The largest absolute Gasteiger partial charge is 0.378 e. The first-order valence-electron chi connectivity index (χ1n) is 10.0. The van der Waals surface area contributed by atoms with E-state index in [0.29, 0.717) is 0 Å². The molecule has 1 aliphatic rings. The Morgan fingerprint density at radius 2 is 1.38 bits per heavy atom. The second-order valence-corrected chi connectivity index (χ2v) is 7.85. The molecule has 0 heterocycles. The van der Waals surface area contributed by atoms with E-state index < -0.39 is 0 Å². The molecule has 4 aromatic rings. The molecule has 5 rings (SSSR count). The first-order valence-corrected chi connectivity index (χ1v) is 10.0. The molecule has 0 unspecified atom stereocenters. The van der Waals surface area contributed by atoms with Gasteiger partial charge in [-0.25, -0.2) is 0 Å². The van der Waals surface area contributed by atoms with Gasteiger partial charge in [0.05, 0.1) is 0 Å². The molecule has 0 amide bonds. The molecule has 0 saturated carbocycles. The second-order valence-electron chi connectivity index (χ2n) is 7.85. The van der Waals surface area contributed by atoms with E-state index in [-0.39, 0.29) is 0 Å². The zero-order chi connectivity index (χ0) is 19.8. The van der Waals surface area contributed by atoms with E-state index in [9.17, 15) is 0 Å². The lowest BCUT2D eigenvalue weighted by Gasteiger charge is -2.14. The van der Waals surface area contributed by atoms with Gasteiger partial charge in [-0.15, -0.1) is 0 Å². The Labute approximate surface area is 172 Å². The molecule has 2 heteroatoms. The van der Waals surface area contributed by atoms with Gasteiger partial charge in [-0.3, -0.25) is 0 Å². The lowest BCUT2D eigenvalue weighted by molar-refractivity contribution is 1.13. The molecule has 0 atom stereocenters. The highest BCUT2D eigenvalue weighted by atomic mass is 15.1. The number of nitrogens with one attached hydrogen (secondary N) is 1. The van der Waals surface area contributed by atoms with Crippen LogP contribution in [0.15, 0.2) is 91.0 Å². The minimum atomic E-state index is 1.00. The molecule has 1 N–H and O–H groups in total. The summed E-state index contributed by atoms with van der Waals surface area (Å²) in [4.78, 5) is 2.11. The van der Waals surface area contributed by atoms with Crippen LogP contribution in [0.5, 0.6) is 0 Å². The van der Waals surface area contributed by atoms with Crippen LogP contribution in [0.1, 0.15) is 11.1 Å². The monoisotopic (exact) mass is 376 g/mol. The third kappa shape index (κ3) is 3.38. The Kier molecular flexibility index (Phi) is 4.33.